The van der Waals surface area contributed by atoms with Gasteiger partial charge in [-0.1, -0.05) is 18.2 Å². The molecule has 0 radical (unpaired) electrons. The van der Waals surface area contributed by atoms with Gasteiger partial charge in [-0.25, -0.2) is 4.79 Å². The number of carbonyl (C=O) groups is 1. The van der Waals surface area contributed by atoms with Crippen molar-refractivity contribution in [3.8, 4) is 0 Å². The molecule has 1 N–H and O–H groups in total. The Morgan fingerprint density at radius 1 is 1.45 bits per heavy atom. The molecule has 0 spiro atoms. The van der Waals surface area contributed by atoms with Crippen molar-refractivity contribution in [2.45, 2.75) is 13.0 Å². The zero-order valence-electron chi connectivity index (χ0n) is 11.2. The van der Waals surface area contributed by atoms with Crippen LogP contribution in [0.25, 0.3) is 10.9 Å². The van der Waals surface area contributed by atoms with Crippen LogP contribution in [0.5, 0.6) is 0 Å². The van der Waals surface area contributed by atoms with Crippen LogP contribution in [0.4, 0.5) is 5.69 Å². The molecule has 5 nitrogen and oxygen atoms in total. The number of rotatable bonds is 3. The molecule has 1 aliphatic heterocycles. The SMILES string of the molecule is CCOC(=O)c1cnc2ccccc2c1N1CC(O)C1. The summed E-state index contributed by atoms with van der Waals surface area (Å²) in [6.07, 6.45) is 1.22. The van der Waals surface area contributed by atoms with E-state index in [2.05, 4.69) is 4.98 Å². The number of para-hydroxylation sites is 1. The number of aliphatic hydroxyl groups excluding tert-OH is 1. The van der Waals surface area contributed by atoms with Crippen molar-refractivity contribution < 1.29 is 14.6 Å². The van der Waals surface area contributed by atoms with Gasteiger partial charge in [0.15, 0.2) is 0 Å². The minimum absolute atomic E-state index is 0.327. The van der Waals surface area contributed by atoms with E-state index in [9.17, 15) is 9.90 Å². The Morgan fingerprint density at radius 2 is 2.20 bits per heavy atom. The maximum absolute atomic E-state index is 12.1. The lowest BCUT2D eigenvalue weighted by molar-refractivity contribution is 0.0525. The summed E-state index contributed by atoms with van der Waals surface area (Å²) in [5.74, 6) is -0.373. The first-order valence-electron chi connectivity index (χ1n) is 6.68. The Kier molecular flexibility index (Phi) is 3.28. The topological polar surface area (TPSA) is 62.7 Å². The van der Waals surface area contributed by atoms with Gasteiger partial charge in [0.25, 0.3) is 0 Å². The maximum atomic E-state index is 12.1. The number of benzene rings is 1. The van der Waals surface area contributed by atoms with Crippen molar-refractivity contribution in [2.75, 3.05) is 24.6 Å². The minimum atomic E-state index is -0.373. The number of hydrogen-bond acceptors (Lipinski definition) is 5. The molecule has 0 bridgehead atoms. The van der Waals surface area contributed by atoms with E-state index < -0.39 is 0 Å². The monoisotopic (exact) mass is 272 g/mol. The van der Waals surface area contributed by atoms with Crippen molar-refractivity contribution in [2.24, 2.45) is 0 Å². The molecule has 1 aromatic heterocycles. The third-order valence-electron chi connectivity index (χ3n) is 3.42. The van der Waals surface area contributed by atoms with Gasteiger partial charge in [0.2, 0.25) is 0 Å². The van der Waals surface area contributed by atoms with Crippen molar-refractivity contribution >= 4 is 22.6 Å². The van der Waals surface area contributed by atoms with Crippen LogP contribution >= 0.6 is 0 Å². The normalized spacial score (nSPS) is 15.2. The minimum Gasteiger partial charge on any atom is -0.462 e. The highest BCUT2D eigenvalue weighted by Crippen LogP contribution is 2.33. The molecular formula is C15H16N2O3. The number of pyridine rings is 1. The van der Waals surface area contributed by atoms with Gasteiger partial charge >= 0.3 is 5.97 Å². The maximum Gasteiger partial charge on any atom is 0.341 e. The Morgan fingerprint density at radius 3 is 2.90 bits per heavy atom. The summed E-state index contributed by atoms with van der Waals surface area (Å²) >= 11 is 0. The molecule has 20 heavy (non-hydrogen) atoms. The highest BCUT2D eigenvalue weighted by molar-refractivity contribution is 6.05. The lowest BCUT2D eigenvalue weighted by Gasteiger charge is -2.39. The summed E-state index contributed by atoms with van der Waals surface area (Å²) in [4.78, 5) is 18.4. The summed E-state index contributed by atoms with van der Waals surface area (Å²) < 4.78 is 5.10. The largest absolute Gasteiger partial charge is 0.462 e. The fourth-order valence-corrected chi connectivity index (χ4v) is 2.46. The Bertz CT molecular complexity index is 651. The molecule has 0 amide bonds. The Balaban J connectivity index is 2.13. The molecule has 1 aromatic carbocycles. The molecule has 0 saturated carbocycles. The van der Waals surface area contributed by atoms with E-state index in [1.165, 1.54) is 0 Å². The molecule has 1 fully saturated rings. The summed E-state index contributed by atoms with van der Waals surface area (Å²) in [6.45, 7) is 3.16. The van der Waals surface area contributed by atoms with Crippen LogP contribution in [0, 0.1) is 0 Å². The van der Waals surface area contributed by atoms with E-state index in [0.717, 1.165) is 16.6 Å². The van der Waals surface area contributed by atoms with E-state index in [1.807, 2.05) is 29.2 Å². The van der Waals surface area contributed by atoms with E-state index in [4.69, 9.17) is 4.74 Å². The Labute approximate surface area is 116 Å². The van der Waals surface area contributed by atoms with Gasteiger partial charge in [-0.15, -0.1) is 0 Å². The van der Waals surface area contributed by atoms with E-state index >= 15 is 0 Å². The number of carbonyl (C=O) groups excluding carboxylic acids is 1. The molecule has 5 heteroatoms. The first-order valence-corrected chi connectivity index (χ1v) is 6.68. The van der Waals surface area contributed by atoms with Crippen LogP contribution < -0.4 is 4.90 Å². The number of aliphatic hydroxyl groups is 1. The van der Waals surface area contributed by atoms with Crippen molar-refractivity contribution in [3.05, 3.63) is 36.0 Å². The fourth-order valence-electron chi connectivity index (χ4n) is 2.46. The molecule has 104 valence electrons. The number of esters is 1. The average molecular weight is 272 g/mol. The molecule has 0 unspecified atom stereocenters. The molecule has 1 aliphatic rings. The van der Waals surface area contributed by atoms with Crippen LogP contribution in [-0.2, 0) is 4.74 Å². The number of ether oxygens (including phenoxy) is 1. The van der Waals surface area contributed by atoms with Crippen LogP contribution in [0.15, 0.2) is 30.5 Å². The second kappa shape index (κ2) is 5.09. The van der Waals surface area contributed by atoms with Crippen molar-refractivity contribution in [1.29, 1.82) is 0 Å². The smallest absolute Gasteiger partial charge is 0.341 e. The number of aromatic nitrogens is 1. The Hall–Kier alpha value is -2.14. The van der Waals surface area contributed by atoms with Gasteiger partial charge in [0.1, 0.15) is 5.56 Å². The first-order chi connectivity index (χ1) is 9.70. The quantitative estimate of drug-likeness (QED) is 0.860. The standard InChI is InChI=1S/C15H16N2O3/c1-2-20-15(19)12-7-16-13-6-4-3-5-11(13)14(12)17-8-10(18)9-17/h3-7,10,18H,2,8-9H2,1H3. The van der Waals surface area contributed by atoms with Gasteiger partial charge < -0.3 is 14.7 Å². The molecule has 0 aliphatic carbocycles. The van der Waals surface area contributed by atoms with Gasteiger partial charge in [0.05, 0.1) is 23.9 Å². The molecule has 2 heterocycles. The second-order valence-corrected chi connectivity index (χ2v) is 4.82. The summed E-state index contributed by atoms with van der Waals surface area (Å²) in [5.41, 5.74) is 2.09. The molecular weight excluding hydrogens is 256 g/mol. The highest BCUT2D eigenvalue weighted by atomic mass is 16.5. The van der Waals surface area contributed by atoms with Crippen LogP contribution in [0.3, 0.4) is 0 Å². The van der Waals surface area contributed by atoms with E-state index in [0.29, 0.717) is 25.3 Å². The van der Waals surface area contributed by atoms with Crippen LogP contribution in [0.1, 0.15) is 17.3 Å². The van der Waals surface area contributed by atoms with Gasteiger partial charge in [-0.2, -0.15) is 0 Å². The zero-order valence-corrected chi connectivity index (χ0v) is 11.2. The van der Waals surface area contributed by atoms with Gasteiger partial charge in [0, 0.05) is 24.7 Å². The van der Waals surface area contributed by atoms with E-state index in [1.54, 1.807) is 13.1 Å². The van der Waals surface area contributed by atoms with E-state index in [-0.39, 0.29) is 12.1 Å². The molecule has 0 atom stereocenters. The average Bonchev–Trinajstić information content (AvgIpc) is 2.43. The molecule has 1 saturated heterocycles. The predicted molar refractivity (Wildman–Crippen MR) is 75.9 cm³/mol. The van der Waals surface area contributed by atoms with Gasteiger partial charge in [-0.05, 0) is 13.0 Å². The molecule has 3 rings (SSSR count). The third kappa shape index (κ3) is 2.10. The molecule has 2 aromatic rings. The third-order valence-corrected chi connectivity index (χ3v) is 3.42. The summed E-state index contributed by atoms with van der Waals surface area (Å²) in [6, 6.07) is 7.67. The number of nitrogens with zero attached hydrogens (tertiary/aromatic N) is 2. The highest BCUT2D eigenvalue weighted by Gasteiger charge is 2.30. The summed E-state index contributed by atoms with van der Waals surface area (Å²) in [7, 11) is 0. The first kappa shape index (κ1) is 12.9. The van der Waals surface area contributed by atoms with Crippen LogP contribution in [-0.4, -0.2) is 41.9 Å². The zero-order chi connectivity index (χ0) is 14.1. The number of anilines is 1. The lowest BCUT2D eigenvalue weighted by Crippen LogP contribution is -2.51. The van der Waals surface area contributed by atoms with Crippen LogP contribution in [0.2, 0.25) is 0 Å². The number of β-amino-alcohol motifs (C(OH)–C–C–N with tert-alkyl or cyclic N) is 1. The predicted octanol–water partition coefficient (Wildman–Crippen LogP) is 1.59. The second-order valence-electron chi connectivity index (χ2n) is 4.82. The number of hydrogen-bond donors (Lipinski definition) is 1. The lowest BCUT2D eigenvalue weighted by atomic mass is 10.0. The summed E-state index contributed by atoms with van der Waals surface area (Å²) in [5, 5.41) is 10.4. The fraction of sp³-hybridized carbons (Fsp3) is 0.333. The van der Waals surface area contributed by atoms with Gasteiger partial charge in [-0.3, -0.25) is 4.98 Å². The van der Waals surface area contributed by atoms with Crippen molar-refractivity contribution in [1.82, 2.24) is 4.98 Å². The number of fused-ring (bicyclic) bond motifs is 1. The van der Waals surface area contributed by atoms with Crippen molar-refractivity contribution in [3.63, 3.8) is 0 Å².